The second kappa shape index (κ2) is 6.17. The number of halogens is 2. The van der Waals surface area contributed by atoms with E-state index < -0.39 is 21.5 Å². The zero-order valence-corrected chi connectivity index (χ0v) is 14.6. The minimum atomic E-state index is -3.42. The number of hydrogen-bond acceptors (Lipinski definition) is 5. The molecule has 0 aliphatic carbocycles. The summed E-state index contributed by atoms with van der Waals surface area (Å²) in [5.41, 5.74) is -0.167. The molecule has 0 atom stereocenters. The third-order valence-corrected chi connectivity index (χ3v) is 4.15. The molecule has 0 fully saturated rings. The molecule has 7 nitrogen and oxygen atoms in total. The lowest BCUT2D eigenvalue weighted by Crippen LogP contribution is -2.40. The maximum atomic E-state index is 13.4. The van der Waals surface area contributed by atoms with Crippen molar-refractivity contribution in [3.8, 4) is 0 Å². The number of alkyl halides is 2. The van der Waals surface area contributed by atoms with Crippen LogP contribution in [0.5, 0.6) is 0 Å². The predicted octanol–water partition coefficient (Wildman–Crippen LogP) is 1.62. The first-order valence-corrected chi connectivity index (χ1v) is 8.98. The Bertz CT molecular complexity index is 828. The number of pyridine rings is 1. The fraction of sp³-hybridized carbons (Fsp3) is 0.500. The van der Waals surface area contributed by atoms with Gasteiger partial charge in [0, 0.05) is 24.9 Å². The SMILES string of the molecule is CC(F)(F)c1cncc(Cn2cc(C(C)(C)NS(C)(=O)=O)nn2)c1. The van der Waals surface area contributed by atoms with Crippen LogP contribution in [-0.4, -0.2) is 34.7 Å². The Morgan fingerprint density at radius 1 is 1.25 bits per heavy atom. The molecule has 2 heterocycles. The Labute approximate surface area is 139 Å². The molecule has 0 unspecified atom stereocenters. The molecule has 2 aromatic heterocycles. The Morgan fingerprint density at radius 3 is 2.50 bits per heavy atom. The molecular weight excluding hydrogens is 340 g/mol. The quantitative estimate of drug-likeness (QED) is 0.846. The Morgan fingerprint density at radius 2 is 1.92 bits per heavy atom. The maximum absolute atomic E-state index is 13.4. The van der Waals surface area contributed by atoms with E-state index in [9.17, 15) is 17.2 Å². The minimum Gasteiger partial charge on any atom is -0.264 e. The fourth-order valence-corrected chi connectivity index (χ4v) is 3.21. The lowest BCUT2D eigenvalue weighted by molar-refractivity contribution is 0.0170. The van der Waals surface area contributed by atoms with Crippen LogP contribution in [0.25, 0.3) is 0 Å². The van der Waals surface area contributed by atoms with Gasteiger partial charge in [0.05, 0.1) is 24.5 Å². The van der Waals surface area contributed by atoms with Gasteiger partial charge < -0.3 is 0 Å². The largest absolute Gasteiger partial charge is 0.272 e. The first-order valence-electron chi connectivity index (χ1n) is 7.09. The third kappa shape index (κ3) is 4.78. The first kappa shape index (κ1) is 18.4. The van der Waals surface area contributed by atoms with Crippen LogP contribution < -0.4 is 4.72 Å². The summed E-state index contributed by atoms with van der Waals surface area (Å²) in [6.45, 7) is 4.31. The minimum absolute atomic E-state index is 0.181. The van der Waals surface area contributed by atoms with Crippen molar-refractivity contribution >= 4 is 10.0 Å². The predicted molar refractivity (Wildman–Crippen MR) is 83.9 cm³/mol. The van der Waals surface area contributed by atoms with Gasteiger partial charge in [0.1, 0.15) is 5.69 Å². The van der Waals surface area contributed by atoms with Crippen molar-refractivity contribution in [1.29, 1.82) is 0 Å². The van der Waals surface area contributed by atoms with Crippen LogP contribution in [0.2, 0.25) is 0 Å². The number of sulfonamides is 1. The number of hydrogen-bond donors (Lipinski definition) is 1. The van der Waals surface area contributed by atoms with E-state index in [0.717, 1.165) is 19.4 Å². The van der Waals surface area contributed by atoms with Crippen LogP contribution in [0.3, 0.4) is 0 Å². The molecule has 2 rings (SSSR count). The second-order valence-electron chi connectivity index (χ2n) is 6.27. The highest BCUT2D eigenvalue weighted by Crippen LogP contribution is 2.26. The molecule has 0 radical (unpaired) electrons. The fourth-order valence-electron chi connectivity index (χ4n) is 2.18. The van der Waals surface area contributed by atoms with Crippen LogP contribution in [0.1, 0.15) is 37.6 Å². The van der Waals surface area contributed by atoms with Crippen LogP contribution >= 0.6 is 0 Å². The topological polar surface area (TPSA) is 89.8 Å². The summed E-state index contributed by atoms with van der Waals surface area (Å²) in [7, 11) is -3.42. The summed E-state index contributed by atoms with van der Waals surface area (Å²) >= 11 is 0. The van der Waals surface area contributed by atoms with Crippen molar-refractivity contribution in [2.45, 2.75) is 38.8 Å². The number of nitrogens with one attached hydrogen (secondary N) is 1. The zero-order valence-electron chi connectivity index (χ0n) is 13.8. The van der Waals surface area contributed by atoms with Crippen molar-refractivity contribution in [2.75, 3.05) is 6.26 Å². The lowest BCUT2D eigenvalue weighted by Gasteiger charge is -2.21. The zero-order chi connectivity index (χ0) is 18.2. The highest BCUT2D eigenvalue weighted by molar-refractivity contribution is 7.88. The second-order valence-corrected chi connectivity index (χ2v) is 8.02. The van der Waals surface area contributed by atoms with Crippen molar-refractivity contribution in [3.63, 3.8) is 0 Å². The molecule has 24 heavy (non-hydrogen) atoms. The molecule has 0 saturated heterocycles. The summed E-state index contributed by atoms with van der Waals surface area (Å²) in [5.74, 6) is -2.97. The van der Waals surface area contributed by atoms with E-state index in [2.05, 4.69) is 20.0 Å². The van der Waals surface area contributed by atoms with Crippen molar-refractivity contribution < 1.29 is 17.2 Å². The highest BCUT2D eigenvalue weighted by atomic mass is 32.2. The Balaban J connectivity index is 2.20. The van der Waals surface area contributed by atoms with Crippen molar-refractivity contribution in [1.82, 2.24) is 24.7 Å². The molecule has 0 amide bonds. The van der Waals surface area contributed by atoms with Gasteiger partial charge in [-0.2, -0.15) is 0 Å². The summed E-state index contributed by atoms with van der Waals surface area (Å²) in [6, 6.07) is 1.36. The van der Waals surface area contributed by atoms with E-state index in [1.807, 2.05) is 0 Å². The standard InChI is InChI=1S/C14H19F2N5O2S/c1-13(2,19-24(4,22)23)12-9-21(20-18-12)8-10-5-11(7-17-6-10)14(3,15)16/h5-7,9,19H,8H2,1-4H3. The normalized spacial score (nSPS) is 13.2. The van der Waals surface area contributed by atoms with E-state index in [-0.39, 0.29) is 12.1 Å². The summed E-state index contributed by atoms with van der Waals surface area (Å²) in [6.07, 6.45) is 5.21. The molecule has 2 aromatic rings. The van der Waals surface area contributed by atoms with Crippen molar-refractivity contribution in [3.05, 3.63) is 41.5 Å². The van der Waals surface area contributed by atoms with Crippen LogP contribution in [0, 0.1) is 0 Å². The van der Waals surface area contributed by atoms with Gasteiger partial charge in [-0.3, -0.25) is 4.98 Å². The molecule has 0 aliphatic heterocycles. The first-order chi connectivity index (χ1) is 10.9. The number of aromatic nitrogens is 4. The van der Waals surface area contributed by atoms with Gasteiger partial charge in [-0.25, -0.2) is 26.6 Å². The summed E-state index contributed by atoms with van der Waals surface area (Å²) in [5, 5.41) is 7.87. The molecular formula is C14H19F2N5O2S. The van der Waals surface area contributed by atoms with E-state index >= 15 is 0 Å². The lowest BCUT2D eigenvalue weighted by atomic mass is 10.0. The monoisotopic (exact) mass is 359 g/mol. The van der Waals surface area contributed by atoms with E-state index in [4.69, 9.17) is 0 Å². The molecule has 0 bridgehead atoms. The number of rotatable bonds is 6. The third-order valence-electron chi connectivity index (χ3n) is 3.27. The van der Waals surface area contributed by atoms with Crippen LogP contribution in [0.4, 0.5) is 8.78 Å². The van der Waals surface area contributed by atoms with Gasteiger partial charge in [-0.1, -0.05) is 5.21 Å². The van der Waals surface area contributed by atoms with Crippen LogP contribution in [-0.2, 0) is 28.0 Å². The maximum Gasteiger partial charge on any atom is 0.272 e. The van der Waals surface area contributed by atoms with Gasteiger partial charge in [-0.15, -0.1) is 5.10 Å². The van der Waals surface area contributed by atoms with Gasteiger partial charge >= 0.3 is 0 Å². The smallest absolute Gasteiger partial charge is 0.264 e. The molecule has 132 valence electrons. The molecule has 1 N–H and O–H groups in total. The van der Waals surface area contributed by atoms with Gasteiger partial charge in [-0.05, 0) is 25.5 Å². The Hall–Kier alpha value is -1.94. The van der Waals surface area contributed by atoms with Gasteiger partial charge in [0.25, 0.3) is 5.92 Å². The molecule has 0 spiro atoms. The van der Waals surface area contributed by atoms with E-state index in [1.165, 1.54) is 16.9 Å². The summed E-state index contributed by atoms with van der Waals surface area (Å²) in [4.78, 5) is 3.82. The van der Waals surface area contributed by atoms with Crippen molar-refractivity contribution in [2.24, 2.45) is 0 Å². The summed E-state index contributed by atoms with van der Waals surface area (Å²) < 4.78 is 53.4. The average Bonchev–Trinajstić information content (AvgIpc) is 2.84. The molecule has 10 heteroatoms. The molecule has 0 aromatic carbocycles. The van der Waals surface area contributed by atoms with E-state index in [0.29, 0.717) is 11.3 Å². The molecule has 0 saturated carbocycles. The van der Waals surface area contributed by atoms with Gasteiger partial charge in [0.2, 0.25) is 10.0 Å². The van der Waals surface area contributed by atoms with Gasteiger partial charge in [0.15, 0.2) is 0 Å². The van der Waals surface area contributed by atoms with Crippen LogP contribution in [0.15, 0.2) is 24.7 Å². The molecule has 0 aliphatic rings. The average molecular weight is 359 g/mol. The highest BCUT2D eigenvalue weighted by Gasteiger charge is 2.28. The number of nitrogens with zero attached hydrogens (tertiary/aromatic N) is 4. The Kier molecular flexibility index (Phi) is 4.73. The van der Waals surface area contributed by atoms with E-state index in [1.54, 1.807) is 20.0 Å².